The molecule has 0 aliphatic carbocycles. The van der Waals surface area contributed by atoms with Crippen LogP contribution in [-0.4, -0.2) is 19.1 Å². The van der Waals surface area contributed by atoms with Gasteiger partial charge in [0.05, 0.1) is 12.5 Å². The van der Waals surface area contributed by atoms with Crippen LogP contribution in [0, 0.1) is 17.6 Å². The van der Waals surface area contributed by atoms with E-state index >= 15 is 0 Å². The molecule has 94 valence electrons. The van der Waals surface area contributed by atoms with E-state index in [0.717, 1.165) is 12.1 Å². The van der Waals surface area contributed by atoms with Crippen molar-refractivity contribution in [1.82, 2.24) is 0 Å². The van der Waals surface area contributed by atoms with E-state index in [-0.39, 0.29) is 19.6 Å². The van der Waals surface area contributed by atoms with Crippen LogP contribution in [0.4, 0.5) is 8.78 Å². The highest BCUT2D eigenvalue weighted by Crippen LogP contribution is 2.13. The Bertz CT molecular complexity index is 396. The lowest BCUT2D eigenvalue weighted by Gasteiger charge is -2.13. The fourth-order valence-electron chi connectivity index (χ4n) is 1.47. The van der Waals surface area contributed by atoms with Crippen LogP contribution < -0.4 is 5.73 Å². The zero-order valence-electron chi connectivity index (χ0n) is 9.58. The molecule has 0 heterocycles. The molecule has 1 atom stereocenters. The van der Waals surface area contributed by atoms with Crippen molar-refractivity contribution < 1.29 is 18.3 Å². The molecular weight excluding hydrogens is 228 g/mol. The maximum atomic E-state index is 13.0. The summed E-state index contributed by atoms with van der Waals surface area (Å²) in [5, 5.41) is 0. The first-order chi connectivity index (χ1) is 8.08. The van der Waals surface area contributed by atoms with E-state index < -0.39 is 23.5 Å². The number of carbonyl (C=O) groups is 1. The molecule has 0 saturated carbocycles. The minimum atomic E-state index is -0.929. The maximum Gasteiger partial charge on any atom is 0.310 e. The second kappa shape index (κ2) is 6.30. The van der Waals surface area contributed by atoms with Crippen LogP contribution in [0.3, 0.4) is 0 Å². The van der Waals surface area contributed by atoms with Crippen LogP contribution in [0.1, 0.15) is 12.5 Å². The van der Waals surface area contributed by atoms with Crippen molar-refractivity contribution in [3.8, 4) is 0 Å². The van der Waals surface area contributed by atoms with Crippen molar-refractivity contribution in [2.45, 2.75) is 13.3 Å². The van der Waals surface area contributed by atoms with Crippen molar-refractivity contribution in [1.29, 1.82) is 0 Å². The smallest absolute Gasteiger partial charge is 0.310 e. The Morgan fingerprint density at radius 3 is 2.65 bits per heavy atom. The van der Waals surface area contributed by atoms with Gasteiger partial charge in [-0.15, -0.1) is 0 Å². The highest BCUT2D eigenvalue weighted by molar-refractivity contribution is 5.73. The van der Waals surface area contributed by atoms with Crippen molar-refractivity contribution in [3.05, 3.63) is 35.4 Å². The predicted molar refractivity (Wildman–Crippen MR) is 59.2 cm³/mol. The molecule has 0 aliphatic heterocycles. The Morgan fingerprint density at radius 1 is 1.41 bits per heavy atom. The minimum Gasteiger partial charge on any atom is -0.466 e. The molecular formula is C12H15F2NO2. The second-order valence-corrected chi connectivity index (χ2v) is 3.64. The van der Waals surface area contributed by atoms with Gasteiger partial charge in [0.25, 0.3) is 0 Å². The third-order valence-corrected chi connectivity index (χ3v) is 2.37. The minimum absolute atomic E-state index is 0.109. The number of esters is 1. The summed E-state index contributed by atoms with van der Waals surface area (Å²) in [7, 11) is 0. The van der Waals surface area contributed by atoms with E-state index in [9.17, 15) is 13.6 Å². The molecule has 1 rings (SSSR count). The lowest BCUT2D eigenvalue weighted by atomic mass is 9.99. The van der Waals surface area contributed by atoms with E-state index in [1.165, 1.54) is 6.07 Å². The number of rotatable bonds is 5. The summed E-state index contributed by atoms with van der Waals surface area (Å²) >= 11 is 0. The second-order valence-electron chi connectivity index (χ2n) is 3.64. The van der Waals surface area contributed by atoms with Crippen molar-refractivity contribution in [2.24, 2.45) is 11.7 Å². The van der Waals surface area contributed by atoms with E-state index in [1.807, 2.05) is 0 Å². The summed E-state index contributed by atoms with van der Waals surface area (Å²) in [6.45, 7) is 2.08. The largest absolute Gasteiger partial charge is 0.466 e. The van der Waals surface area contributed by atoms with Gasteiger partial charge in [0, 0.05) is 6.54 Å². The molecule has 0 saturated heterocycles. The number of hydrogen-bond donors (Lipinski definition) is 1. The SMILES string of the molecule is CCOC(=O)[C@H](CN)Cc1ccc(F)c(F)c1. The molecule has 0 radical (unpaired) electrons. The van der Waals surface area contributed by atoms with Gasteiger partial charge in [0.1, 0.15) is 0 Å². The normalized spacial score (nSPS) is 12.2. The molecule has 0 spiro atoms. The lowest BCUT2D eigenvalue weighted by Crippen LogP contribution is -2.27. The Morgan fingerprint density at radius 2 is 2.12 bits per heavy atom. The van der Waals surface area contributed by atoms with Crippen LogP contribution in [0.2, 0.25) is 0 Å². The summed E-state index contributed by atoms with van der Waals surface area (Å²) in [5.74, 6) is -2.78. The fraction of sp³-hybridized carbons (Fsp3) is 0.417. The van der Waals surface area contributed by atoms with Gasteiger partial charge in [-0.1, -0.05) is 6.07 Å². The monoisotopic (exact) mass is 243 g/mol. The molecule has 0 aromatic heterocycles. The van der Waals surface area contributed by atoms with E-state index in [0.29, 0.717) is 5.56 Å². The van der Waals surface area contributed by atoms with E-state index in [4.69, 9.17) is 10.5 Å². The first-order valence-electron chi connectivity index (χ1n) is 5.39. The quantitative estimate of drug-likeness (QED) is 0.800. The van der Waals surface area contributed by atoms with Gasteiger partial charge >= 0.3 is 5.97 Å². The van der Waals surface area contributed by atoms with Crippen LogP contribution >= 0.6 is 0 Å². The molecule has 2 N–H and O–H groups in total. The Labute approximate surface area is 98.6 Å². The van der Waals surface area contributed by atoms with Gasteiger partial charge in [-0.25, -0.2) is 8.78 Å². The molecule has 1 aromatic carbocycles. The third-order valence-electron chi connectivity index (χ3n) is 2.37. The van der Waals surface area contributed by atoms with Crippen molar-refractivity contribution in [3.63, 3.8) is 0 Å². The molecule has 0 unspecified atom stereocenters. The molecule has 5 heteroatoms. The average molecular weight is 243 g/mol. The number of nitrogens with two attached hydrogens (primary N) is 1. The summed E-state index contributed by atoms with van der Waals surface area (Å²) in [6.07, 6.45) is 0.243. The summed E-state index contributed by atoms with van der Waals surface area (Å²) < 4.78 is 30.5. The Balaban J connectivity index is 2.73. The zero-order valence-corrected chi connectivity index (χ0v) is 9.58. The summed E-state index contributed by atoms with van der Waals surface area (Å²) in [6, 6.07) is 3.53. The molecule has 0 bridgehead atoms. The van der Waals surface area contributed by atoms with Crippen molar-refractivity contribution >= 4 is 5.97 Å². The zero-order chi connectivity index (χ0) is 12.8. The fourth-order valence-corrected chi connectivity index (χ4v) is 1.47. The van der Waals surface area contributed by atoms with E-state index in [1.54, 1.807) is 6.92 Å². The third kappa shape index (κ3) is 3.78. The summed E-state index contributed by atoms with van der Waals surface area (Å²) in [4.78, 5) is 11.5. The highest BCUT2D eigenvalue weighted by atomic mass is 19.2. The van der Waals surface area contributed by atoms with Gasteiger partial charge in [-0.3, -0.25) is 4.79 Å². The van der Waals surface area contributed by atoms with Gasteiger partial charge in [-0.05, 0) is 31.0 Å². The number of benzene rings is 1. The molecule has 0 amide bonds. The van der Waals surface area contributed by atoms with Crippen molar-refractivity contribution in [2.75, 3.05) is 13.2 Å². The Hall–Kier alpha value is -1.49. The number of hydrogen-bond acceptors (Lipinski definition) is 3. The molecule has 17 heavy (non-hydrogen) atoms. The lowest BCUT2D eigenvalue weighted by molar-refractivity contribution is -0.147. The van der Waals surface area contributed by atoms with Gasteiger partial charge < -0.3 is 10.5 Å². The number of carbonyl (C=O) groups excluding carboxylic acids is 1. The predicted octanol–water partition coefficient (Wildman–Crippen LogP) is 1.65. The summed E-state index contributed by atoms with van der Waals surface area (Å²) in [5.41, 5.74) is 5.97. The van der Waals surface area contributed by atoms with Crippen LogP contribution in [-0.2, 0) is 16.0 Å². The Kier molecular flexibility index (Phi) is 5.03. The first-order valence-corrected chi connectivity index (χ1v) is 5.39. The topological polar surface area (TPSA) is 52.3 Å². The van der Waals surface area contributed by atoms with Gasteiger partial charge in [0.15, 0.2) is 11.6 Å². The highest BCUT2D eigenvalue weighted by Gasteiger charge is 2.19. The number of ether oxygens (including phenoxy) is 1. The standard InChI is InChI=1S/C12H15F2NO2/c1-2-17-12(16)9(7-15)5-8-3-4-10(13)11(14)6-8/h3-4,6,9H,2,5,7,15H2,1H3/t9-/m0/s1. The number of halogens is 2. The molecule has 0 fully saturated rings. The van der Waals surface area contributed by atoms with Crippen LogP contribution in [0.15, 0.2) is 18.2 Å². The first kappa shape index (κ1) is 13.6. The molecule has 3 nitrogen and oxygen atoms in total. The van der Waals surface area contributed by atoms with Crippen LogP contribution in [0.5, 0.6) is 0 Å². The molecule has 0 aliphatic rings. The van der Waals surface area contributed by atoms with E-state index in [2.05, 4.69) is 0 Å². The van der Waals surface area contributed by atoms with Gasteiger partial charge in [-0.2, -0.15) is 0 Å². The maximum absolute atomic E-state index is 13.0. The van der Waals surface area contributed by atoms with Crippen LogP contribution in [0.25, 0.3) is 0 Å². The molecule has 1 aromatic rings. The average Bonchev–Trinajstić information content (AvgIpc) is 2.30. The van der Waals surface area contributed by atoms with Gasteiger partial charge in [0.2, 0.25) is 0 Å².